The Hall–Kier alpha value is -5.39. The van der Waals surface area contributed by atoms with Crippen molar-refractivity contribution in [3.63, 3.8) is 0 Å². The van der Waals surface area contributed by atoms with Crippen LogP contribution in [-0.2, 0) is 29.3 Å². The van der Waals surface area contributed by atoms with Crippen molar-refractivity contribution in [2.75, 3.05) is 33.4 Å². The first kappa shape index (κ1) is 41.8. The molecule has 12 heteroatoms. The smallest absolute Gasteiger partial charge is 0.407 e. The lowest BCUT2D eigenvalue weighted by Gasteiger charge is -2.43. The number of fused-ring (bicyclic) bond motifs is 1. The molecule has 1 aliphatic carbocycles. The van der Waals surface area contributed by atoms with Crippen molar-refractivity contribution < 1.29 is 38.2 Å². The molecule has 12 nitrogen and oxygen atoms in total. The van der Waals surface area contributed by atoms with Crippen molar-refractivity contribution in [1.82, 2.24) is 20.9 Å². The molecule has 5 rings (SSSR count). The summed E-state index contributed by atoms with van der Waals surface area (Å²) in [6.45, 7) is 7.05. The third-order valence-corrected chi connectivity index (χ3v) is 10.6. The van der Waals surface area contributed by atoms with Crippen LogP contribution in [0.1, 0.15) is 105 Å². The third kappa shape index (κ3) is 10.1. The largest absolute Gasteiger partial charge is 0.496 e. The fraction of sp³-hybridized carbons (Fsp3) is 0.477. The molecule has 3 atom stereocenters. The van der Waals surface area contributed by atoms with E-state index in [9.17, 15) is 24.0 Å². The van der Waals surface area contributed by atoms with E-state index in [1.807, 2.05) is 72.5 Å². The average Bonchev–Trinajstić information content (AvgIpc) is 3.21. The van der Waals surface area contributed by atoms with Crippen molar-refractivity contribution >= 4 is 29.8 Å². The van der Waals surface area contributed by atoms with Gasteiger partial charge in [-0.3, -0.25) is 14.4 Å². The second kappa shape index (κ2) is 20.0. The first-order valence-electron chi connectivity index (χ1n) is 19.9. The molecule has 2 aliphatic rings. The Balaban J connectivity index is 1.32. The molecule has 0 saturated carbocycles. The zero-order valence-corrected chi connectivity index (χ0v) is 33.0. The molecule has 0 spiro atoms. The normalized spacial score (nSPS) is 18.6. The maximum absolute atomic E-state index is 14.9. The minimum absolute atomic E-state index is 0.000861. The number of esters is 1. The van der Waals surface area contributed by atoms with Gasteiger partial charge in [0, 0.05) is 25.7 Å². The Kier molecular flexibility index (Phi) is 14.9. The molecule has 0 unspecified atom stereocenters. The van der Waals surface area contributed by atoms with Crippen molar-refractivity contribution in [2.24, 2.45) is 0 Å². The molecule has 0 bridgehead atoms. The van der Waals surface area contributed by atoms with Crippen LogP contribution in [0.4, 0.5) is 4.79 Å². The van der Waals surface area contributed by atoms with E-state index in [0.29, 0.717) is 82.3 Å². The number of ether oxygens (including phenoxy) is 3. The number of benzene rings is 3. The number of unbranched alkanes of at least 4 members (excludes halogenated alkanes) is 1. The minimum atomic E-state index is -1.17. The highest BCUT2D eigenvalue weighted by atomic mass is 16.6. The van der Waals surface area contributed by atoms with Gasteiger partial charge in [0.1, 0.15) is 11.8 Å². The van der Waals surface area contributed by atoms with E-state index in [4.69, 9.17) is 14.2 Å². The maximum Gasteiger partial charge on any atom is 0.407 e. The summed E-state index contributed by atoms with van der Waals surface area (Å²) >= 11 is 0. The number of rotatable bonds is 16. The van der Waals surface area contributed by atoms with Gasteiger partial charge in [0.05, 0.1) is 36.7 Å². The van der Waals surface area contributed by atoms with Crippen LogP contribution in [0.25, 0.3) is 0 Å². The molecule has 1 aliphatic heterocycles. The van der Waals surface area contributed by atoms with Crippen LogP contribution in [0, 0.1) is 0 Å². The summed E-state index contributed by atoms with van der Waals surface area (Å²) in [7, 11) is 1.54. The fourth-order valence-electron chi connectivity index (χ4n) is 7.80. The molecule has 3 aromatic rings. The second-order valence-corrected chi connectivity index (χ2v) is 14.8. The first-order chi connectivity index (χ1) is 27.1. The summed E-state index contributed by atoms with van der Waals surface area (Å²) in [6, 6.07) is 23.3. The first-order valence-corrected chi connectivity index (χ1v) is 19.9. The van der Waals surface area contributed by atoms with Gasteiger partial charge >= 0.3 is 12.1 Å². The van der Waals surface area contributed by atoms with Crippen LogP contribution in [0.3, 0.4) is 0 Å². The lowest BCUT2D eigenvalue weighted by molar-refractivity contribution is -0.148. The quantitative estimate of drug-likeness (QED) is 0.118. The number of nitrogens with zero attached hydrogens (tertiary/aromatic N) is 1. The monoisotopic (exact) mass is 768 g/mol. The van der Waals surface area contributed by atoms with E-state index in [-0.39, 0.29) is 36.5 Å². The molecule has 3 N–H and O–H groups in total. The number of carbonyl (C=O) groups excluding carboxylic acids is 5. The molecule has 4 amide bonds. The molecular formula is C44H56N4O8. The second-order valence-electron chi connectivity index (χ2n) is 14.8. The van der Waals surface area contributed by atoms with Crippen LogP contribution >= 0.6 is 0 Å². The van der Waals surface area contributed by atoms with Crippen molar-refractivity contribution in [3.05, 3.63) is 101 Å². The Morgan fingerprint density at radius 2 is 1.57 bits per heavy atom. The Morgan fingerprint density at radius 1 is 0.875 bits per heavy atom. The number of alkyl carbamates (subject to hydrolysis) is 1. The molecule has 56 heavy (non-hydrogen) atoms. The van der Waals surface area contributed by atoms with Gasteiger partial charge in [0.25, 0.3) is 5.91 Å². The van der Waals surface area contributed by atoms with Crippen LogP contribution in [0.15, 0.2) is 78.9 Å². The van der Waals surface area contributed by atoms with E-state index in [2.05, 4.69) is 16.0 Å². The SMILES string of the molecule is CCCOC(=O)[C@H](CCCCNC(=O)OC(C)C)NC(=O)[C@@]1(c2ccccc2)CC[C@H](C(=O)N2CCC(NC(=O)c3ccccc3OC)CC2)c2ccccc21. The van der Waals surface area contributed by atoms with Crippen molar-refractivity contribution in [3.8, 4) is 5.75 Å². The van der Waals surface area contributed by atoms with E-state index >= 15 is 0 Å². The number of amides is 4. The summed E-state index contributed by atoms with van der Waals surface area (Å²) in [5.41, 5.74) is 1.60. The Labute approximate surface area is 330 Å². The maximum atomic E-state index is 14.9. The highest BCUT2D eigenvalue weighted by Gasteiger charge is 2.49. The van der Waals surface area contributed by atoms with Gasteiger partial charge in [0.2, 0.25) is 11.8 Å². The molecule has 300 valence electrons. The predicted octanol–water partition coefficient (Wildman–Crippen LogP) is 6.02. The van der Waals surface area contributed by atoms with Gasteiger partial charge in [-0.2, -0.15) is 0 Å². The van der Waals surface area contributed by atoms with Crippen LogP contribution in [0.2, 0.25) is 0 Å². The zero-order valence-electron chi connectivity index (χ0n) is 33.0. The van der Waals surface area contributed by atoms with Crippen molar-refractivity contribution in [1.29, 1.82) is 0 Å². The van der Waals surface area contributed by atoms with Gasteiger partial charge < -0.3 is 35.1 Å². The fourth-order valence-corrected chi connectivity index (χ4v) is 7.80. The molecule has 3 aromatic carbocycles. The van der Waals surface area contributed by atoms with Gasteiger partial charge in [-0.15, -0.1) is 0 Å². The zero-order chi connectivity index (χ0) is 40.1. The number of methoxy groups -OCH3 is 1. The number of hydrogen-bond donors (Lipinski definition) is 3. The number of likely N-dealkylation sites (tertiary alicyclic amines) is 1. The van der Waals surface area contributed by atoms with E-state index < -0.39 is 29.4 Å². The minimum Gasteiger partial charge on any atom is -0.496 e. The highest BCUT2D eigenvalue weighted by Crippen LogP contribution is 2.48. The van der Waals surface area contributed by atoms with Crippen molar-refractivity contribution in [2.45, 2.75) is 102 Å². The summed E-state index contributed by atoms with van der Waals surface area (Å²) in [4.78, 5) is 69.5. The summed E-state index contributed by atoms with van der Waals surface area (Å²) in [6.07, 6.45) is 3.34. The number of para-hydroxylation sites is 1. The van der Waals surface area contributed by atoms with Crippen LogP contribution in [-0.4, -0.2) is 86.2 Å². The highest BCUT2D eigenvalue weighted by molar-refractivity contribution is 5.98. The van der Waals surface area contributed by atoms with Gasteiger partial charge in [0.15, 0.2) is 0 Å². The molecule has 1 heterocycles. The summed E-state index contributed by atoms with van der Waals surface area (Å²) in [5.74, 6) is -0.987. The molecule has 1 fully saturated rings. The Bertz CT molecular complexity index is 1810. The topological polar surface area (TPSA) is 152 Å². The number of hydrogen-bond acceptors (Lipinski definition) is 8. The van der Waals surface area contributed by atoms with E-state index in [0.717, 1.165) is 16.7 Å². The summed E-state index contributed by atoms with van der Waals surface area (Å²) in [5, 5.41) is 8.92. The van der Waals surface area contributed by atoms with Gasteiger partial charge in [-0.25, -0.2) is 9.59 Å². The lowest BCUT2D eigenvalue weighted by Crippen LogP contribution is -2.54. The molecular weight excluding hydrogens is 713 g/mol. The van der Waals surface area contributed by atoms with E-state index in [1.54, 1.807) is 32.0 Å². The van der Waals surface area contributed by atoms with Crippen LogP contribution in [0.5, 0.6) is 5.75 Å². The average molecular weight is 769 g/mol. The molecule has 0 radical (unpaired) electrons. The van der Waals surface area contributed by atoms with Gasteiger partial charge in [-0.1, -0.05) is 73.7 Å². The van der Waals surface area contributed by atoms with Gasteiger partial charge in [-0.05, 0) is 94.0 Å². The van der Waals surface area contributed by atoms with E-state index in [1.165, 1.54) is 7.11 Å². The lowest BCUT2D eigenvalue weighted by atomic mass is 9.62. The number of carbonyl (C=O) groups is 5. The molecule has 1 saturated heterocycles. The number of nitrogens with one attached hydrogen (secondary N) is 3. The standard InChI is InChI=1S/C44H56N4O8/c1-5-29-55-41(51)37(20-13-14-26-45-43(53)56-30(2)3)47-42(52)44(31-15-7-6-8-16-31)25-22-34(33-17-9-11-19-36(33)44)40(50)48-27-23-32(24-28-48)46-39(49)35-18-10-12-21-38(35)54-4/h6-12,15-19,21,30,32,34,37H,5,13-14,20,22-29H2,1-4H3,(H,45,53)(H,46,49)(H,47,52)/t34-,37-,44+/m0/s1. The third-order valence-electron chi connectivity index (χ3n) is 10.6. The summed E-state index contributed by atoms with van der Waals surface area (Å²) < 4.78 is 16.0. The molecule has 0 aromatic heterocycles. The predicted molar refractivity (Wildman–Crippen MR) is 212 cm³/mol. The Morgan fingerprint density at radius 3 is 2.29 bits per heavy atom. The number of piperidine rings is 1. The van der Waals surface area contributed by atoms with Crippen LogP contribution < -0.4 is 20.7 Å².